The zero-order valence-corrected chi connectivity index (χ0v) is 9.22. The molecule has 0 spiro atoms. The molecule has 0 aliphatic heterocycles. The van der Waals surface area contributed by atoms with Gasteiger partial charge in [-0.05, 0) is 24.3 Å². The maximum absolute atomic E-state index is 9.22. The van der Waals surface area contributed by atoms with E-state index in [-0.39, 0.29) is 6.61 Å². The number of nitrogens with one attached hydrogen (secondary N) is 1. The van der Waals surface area contributed by atoms with Crippen molar-refractivity contribution in [3.63, 3.8) is 0 Å². The van der Waals surface area contributed by atoms with Crippen LogP contribution in [0.2, 0.25) is 0 Å². The van der Waals surface area contributed by atoms with Crippen LogP contribution in [0.1, 0.15) is 0 Å². The van der Waals surface area contributed by atoms with Crippen LogP contribution in [0.5, 0.6) is 0 Å². The number of aromatic nitrogens is 1. The number of rotatable bonds is 4. The van der Waals surface area contributed by atoms with Crippen molar-refractivity contribution in [2.45, 2.75) is 6.10 Å². The Morgan fingerprint density at radius 2 is 2.19 bits per heavy atom. The number of nitrogens with zero attached hydrogens (tertiary/aromatic N) is 1. The van der Waals surface area contributed by atoms with Gasteiger partial charge in [0, 0.05) is 36.4 Å². The number of aliphatic hydroxyl groups is 2. The van der Waals surface area contributed by atoms with Crippen molar-refractivity contribution in [1.29, 1.82) is 0 Å². The van der Waals surface area contributed by atoms with Gasteiger partial charge in [-0.15, -0.1) is 0 Å². The Hall–Kier alpha value is -1.52. The number of hydrogen-bond donors (Lipinski definition) is 3. The van der Waals surface area contributed by atoms with Gasteiger partial charge in [0.05, 0.1) is 12.7 Å². The van der Waals surface area contributed by atoms with Gasteiger partial charge in [0.25, 0.3) is 0 Å². The van der Waals surface area contributed by atoms with Crippen LogP contribution in [0.15, 0.2) is 30.5 Å². The molecule has 4 nitrogen and oxygen atoms in total. The first kappa shape index (κ1) is 11.0. The number of anilines is 1. The van der Waals surface area contributed by atoms with Gasteiger partial charge in [0.2, 0.25) is 0 Å². The first-order valence-corrected chi connectivity index (χ1v) is 5.28. The molecule has 0 bridgehead atoms. The van der Waals surface area contributed by atoms with Crippen LogP contribution in [0.25, 0.3) is 10.9 Å². The minimum atomic E-state index is -0.716. The molecule has 0 saturated carbocycles. The molecule has 1 atom stereocenters. The Morgan fingerprint density at radius 3 is 2.94 bits per heavy atom. The highest BCUT2D eigenvalue weighted by Gasteiger charge is 2.02. The quantitative estimate of drug-likeness (QED) is 0.719. The van der Waals surface area contributed by atoms with E-state index in [4.69, 9.17) is 5.11 Å². The minimum absolute atomic E-state index is 0.222. The molecule has 1 aromatic heterocycles. The molecule has 0 fully saturated rings. The lowest BCUT2D eigenvalue weighted by atomic mass is 10.2. The first-order valence-electron chi connectivity index (χ1n) is 5.28. The summed E-state index contributed by atoms with van der Waals surface area (Å²) in [7, 11) is 2.00. The van der Waals surface area contributed by atoms with E-state index in [1.807, 2.05) is 37.5 Å². The fourth-order valence-electron chi connectivity index (χ4n) is 1.69. The molecule has 3 N–H and O–H groups in total. The van der Waals surface area contributed by atoms with E-state index < -0.39 is 6.10 Å². The summed E-state index contributed by atoms with van der Waals surface area (Å²) in [5.74, 6) is 0. The Balaban J connectivity index is 2.14. The van der Waals surface area contributed by atoms with Crippen molar-refractivity contribution in [3.8, 4) is 0 Å². The molecule has 16 heavy (non-hydrogen) atoms. The molecule has 2 aromatic rings. The van der Waals surface area contributed by atoms with Crippen LogP contribution in [-0.2, 0) is 7.05 Å². The summed E-state index contributed by atoms with van der Waals surface area (Å²) < 4.78 is 2.06. The number of aliphatic hydroxyl groups excluding tert-OH is 2. The standard InChI is InChI=1S/C12H16N2O2/c1-14-5-4-9-6-10(2-3-12(9)14)13-7-11(16)8-15/h2-6,11,13,15-16H,7-8H2,1H3. The number of fused-ring (bicyclic) bond motifs is 1. The molecule has 2 rings (SSSR count). The summed E-state index contributed by atoms with van der Waals surface area (Å²) in [6, 6.07) is 8.07. The van der Waals surface area contributed by atoms with E-state index in [2.05, 4.69) is 9.88 Å². The van der Waals surface area contributed by atoms with Crippen molar-refractivity contribution in [2.75, 3.05) is 18.5 Å². The Labute approximate surface area is 94.1 Å². The maximum Gasteiger partial charge on any atom is 0.0942 e. The number of aryl methyl sites for hydroxylation is 1. The van der Waals surface area contributed by atoms with Crippen molar-refractivity contribution in [1.82, 2.24) is 4.57 Å². The molecule has 0 aliphatic rings. The monoisotopic (exact) mass is 220 g/mol. The molecule has 4 heteroatoms. The van der Waals surface area contributed by atoms with Gasteiger partial charge in [-0.2, -0.15) is 0 Å². The van der Waals surface area contributed by atoms with Gasteiger partial charge < -0.3 is 20.1 Å². The Morgan fingerprint density at radius 1 is 1.38 bits per heavy atom. The predicted octanol–water partition coefficient (Wildman–Crippen LogP) is 0.943. The second-order valence-electron chi connectivity index (χ2n) is 3.92. The molecule has 1 aromatic carbocycles. The highest BCUT2D eigenvalue weighted by atomic mass is 16.3. The number of benzene rings is 1. The minimum Gasteiger partial charge on any atom is -0.394 e. The van der Waals surface area contributed by atoms with Crippen LogP contribution in [0.4, 0.5) is 5.69 Å². The average molecular weight is 220 g/mol. The zero-order valence-electron chi connectivity index (χ0n) is 9.22. The van der Waals surface area contributed by atoms with Gasteiger partial charge in [-0.3, -0.25) is 0 Å². The fraction of sp³-hybridized carbons (Fsp3) is 0.333. The van der Waals surface area contributed by atoms with E-state index >= 15 is 0 Å². The second kappa shape index (κ2) is 4.55. The SMILES string of the molecule is Cn1ccc2cc(NCC(O)CO)ccc21. The predicted molar refractivity (Wildman–Crippen MR) is 64.5 cm³/mol. The van der Waals surface area contributed by atoms with E-state index in [9.17, 15) is 5.11 Å². The van der Waals surface area contributed by atoms with Crippen molar-refractivity contribution in [2.24, 2.45) is 7.05 Å². The first-order chi connectivity index (χ1) is 7.70. The van der Waals surface area contributed by atoms with Gasteiger partial charge in [-0.1, -0.05) is 0 Å². The van der Waals surface area contributed by atoms with Gasteiger partial charge in [0.15, 0.2) is 0 Å². The van der Waals surface area contributed by atoms with Crippen LogP contribution in [0, 0.1) is 0 Å². The fourth-order valence-corrected chi connectivity index (χ4v) is 1.69. The Bertz CT molecular complexity index is 479. The molecule has 0 saturated heterocycles. The van der Waals surface area contributed by atoms with Gasteiger partial charge >= 0.3 is 0 Å². The Kier molecular flexibility index (Phi) is 3.12. The molecular weight excluding hydrogens is 204 g/mol. The normalized spacial score (nSPS) is 12.9. The highest BCUT2D eigenvalue weighted by molar-refractivity contribution is 5.83. The van der Waals surface area contributed by atoms with Gasteiger partial charge in [0.1, 0.15) is 0 Å². The summed E-state index contributed by atoms with van der Waals surface area (Å²) in [4.78, 5) is 0. The summed E-state index contributed by atoms with van der Waals surface area (Å²) >= 11 is 0. The maximum atomic E-state index is 9.22. The van der Waals surface area contributed by atoms with E-state index in [1.165, 1.54) is 5.52 Å². The zero-order chi connectivity index (χ0) is 11.5. The summed E-state index contributed by atoms with van der Waals surface area (Å²) in [5.41, 5.74) is 2.12. The van der Waals surface area contributed by atoms with Crippen LogP contribution in [-0.4, -0.2) is 34.0 Å². The topological polar surface area (TPSA) is 57.4 Å². The van der Waals surface area contributed by atoms with Crippen LogP contribution in [0.3, 0.4) is 0 Å². The molecule has 1 unspecified atom stereocenters. The van der Waals surface area contributed by atoms with E-state index in [0.29, 0.717) is 6.54 Å². The second-order valence-corrected chi connectivity index (χ2v) is 3.92. The van der Waals surface area contributed by atoms with Crippen LogP contribution < -0.4 is 5.32 Å². The van der Waals surface area contributed by atoms with Crippen molar-refractivity contribution < 1.29 is 10.2 Å². The largest absolute Gasteiger partial charge is 0.394 e. The third kappa shape index (κ3) is 2.18. The molecule has 0 aliphatic carbocycles. The summed E-state index contributed by atoms with van der Waals surface area (Å²) in [5, 5.41) is 22.2. The lowest BCUT2D eigenvalue weighted by Crippen LogP contribution is -2.22. The number of hydrogen-bond acceptors (Lipinski definition) is 3. The van der Waals surface area contributed by atoms with E-state index in [1.54, 1.807) is 0 Å². The third-order valence-corrected chi connectivity index (χ3v) is 2.64. The lowest BCUT2D eigenvalue weighted by molar-refractivity contribution is 0.105. The smallest absolute Gasteiger partial charge is 0.0942 e. The molecule has 1 heterocycles. The van der Waals surface area contributed by atoms with Crippen LogP contribution >= 0.6 is 0 Å². The highest BCUT2D eigenvalue weighted by Crippen LogP contribution is 2.19. The average Bonchev–Trinajstić information content (AvgIpc) is 2.67. The summed E-state index contributed by atoms with van der Waals surface area (Å²) in [6.45, 7) is 0.134. The van der Waals surface area contributed by atoms with Gasteiger partial charge in [-0.25, -0.2) is 0 Å². The van der Waals surface area contributed by atoms with Crippen molar-refractivity contribution in [3.05, 3.63) is 30.5 Å². The lowest BCUT2D eigenvalue weighted by Gasteiger charge is -2.10. The molecule has 0 amide bonds. The van der Waals surface area contributed by atoms with E-state index in [0.717, 1.165) is 11.1 Å². The summed E-state index contributed by atoms with van der Waals surface area (Å²) in [6.07, 6.45) is 1.29. The molecule has 86 valence electrons. The van der Waals surface area contributed by atoms with Crippen molar-refractivity contribution >= 4 is 16.6 Å². The molecule has 0 radical (unpaired) electrons. The molecular formula is C12H16N2O2. The third-order valence-electron chi connectivity index (χ3n) is 2.64.